The SMILES string of the molecule is CCN(CC)c1ccc(NC(=O)c2cc(Cl)ccc2O)c(Cl)c1. The van der Waals surface area contributed by atoms with E-state index >= 15 is 0 Å². The average molecular weight is 353 g/mol. The van der Waals surface area contributed by atoms with Crippen LogP contribution in [0.4, 0.5) is 11.4 Å². The van der Waals surface area contributed by atoms with Crippen LogP contribution >= 0.6 is 23.2 Å². The third kappa shape index (κ3) is 4.09. The lowest BCUT2D eigenvalue weighted by atomic mass is 10.1. The number of carbonyl (C=O) groups is 1. The molecule has 2 rings (SSSR count). The topological polar surface area (TPSA) is 52.6 Å². The highest BCUT2D eigenvalue weighted by Gasteiger charge is 2.14. The molecule has 0 fully saturated rings. The third-order valence-corrected chi connectivity index (χ3v) is 4.08. The van der Waals surface area contributed by atoms with Crippen LogP contribution in [0.5, 0.6) is 5.75 Å². The smallest absolute Gasteiger partial charge is 0.259 e. The summed E-state index contributed by atoms with van der Waals surface area (Å²) < 4.78 is 0. The molecule has 0 saturated heterocycles. The maximum atomic E-state index is 12.3. The first-order valence-corrected chi connectivity index (χ1v) is 8.06. The summed E-state index contributed by atoms with van der Waals surface area (Å²) in [5, 5.41) is 13.3. The summed E-state index contributed by atoms with van der Waals surface area (Å²) in [6, 6.07) is 9.75. The van der Waals surface area contributed by atoms with Gasteiger partial charge in [-0.1, -0.05) is 23.2 Å². The second-order valence-corrected chi connectivity index (χ2v) is 5.80. The van der Waals surface area contributed by atoms with Gasteiger partial charge in [-0.2, -0.15) is 0 Å². The minimum atomic E-state index is -0.470. The first-order valence-electron chi connectivity index (χ1n) is 7.30. The summed E-state index contributed by atoms with van der Waals surface area (Å²) in [4.78, 5) is 14.4. The lowest BCUT2D eigenvalue weighted by Gasteiger charge is -2.21. The van der Waals surface area contributed by atoms with Crippen LogP contribution in [-0.2, 0) is 0 Å². The Morgan fingerprint density at radius 3 is 2.43 bits per heavy atom. The summed E-state index contributed by atoms with van der Waals surface area (Å²) in [6.45, 7) is 5.87. The van der Waals surface area contributed by atoms with Gasteiger partial charge in [0.1, 0.15) is 5.75 Å². The van der Waals surface area contributed by atoms with E-state index < -0.39 is 5.91 Å². The summed E-state index contributed by atoms with van der Waals surface area (Å²) in [7, 11) is 0. The van der Waals surface area contributed by atoms with Crippen molar-refractivity contribution < 1.29 is 9.90 Å². The fourth-order valence-electron chi connectivity index (χ4n) is 2.27. The molecule has 2 aromatic rings. The van der Waals surface area contributed by atoms with Gasteiger partial charge in [0.05, 0.1) is 16.3 Å². The van der Waals surface area contributed by atoms with Crippen molar-refractivity contribution in [3.63, 3.8) is 0 Å². The molecule has 2 N–H and O–H groups in total. The molecule has 0 aliphatic carbocycles. The zero-order chi connectivity index (χ0) is 17.0. The number of halogens is 2. The Bertz CT molecular complexity index is 716. The van der Waals surface area contributed by atoms with E-state index in [0.717, 1.165) is 18.8 Å². The van der Waals surface area contributed by atoms with Gasteiger partial charge in [0.2, 0.25) is 0 Å². The number of hydrogen-bond donors (Lipinski definition) is 2. The van der Waals surface area contributed by atoms with Crippen molar-refractivity contribution in [2.24, 2.45) is 0 Å². The van der Waals surface area contributed by atoms with Gasteiger partial charge in [-0.25, -0.2) is 0 Å². The lowest BCUT2D eigenvalue weighted by Crippen LogP contribution is -2.21. The zero-order valence-corrected chi connectivity index (χ0v) is 14.4. The molecule has 0 aliphatic heterocycles. The van der Waals surface area contributed by atoms with Gasteiger partial charge in [0.15, 0.2) is 0 Å². The number of nitrogens with zero attached hydrogens (tertiary/aromatic N) is 1. The molecule has 0 saturated carbocycles. The summed E-state index contributed by atoms with van der Waals surface area (Å²) in [6.07, 6.45) is 0. The van der Waals surface area contributed by atoms with Gasteiger partial charge in [-0.3, -0.25) is 4.79 Å². The number of hydrogen-bond acceptors (Lipinski definition) is 3. The quantitative estimate of drug-likeness (QED) is 0.812. The van der Waals surface area contributed by atoms with Gasteiger partial charge in [0, 0.05) is 23.8 Å². The normalized spacial score (nSPS) is 10.4. The summed E-state index contributed by atoms with van der Waals surface area (Å²) in [5.74, 6) is -0.606. The number of benzene rings is 2. The number of rotatable bonds is 5. The van der Waals surface area contributed by atoms with Crippen molar-refractivity contribution in [3.8, 4) is 5.75 Å². The number of phenolic OH excluding ortho intramolecular Hbond substituents is 1. The molecule has 0 unspecified atom stereocenters. The number of phenols is 1. The Kier molecular flexibility index (Phi) is 5.74. The van der Waals surface area contributed by atoms with Crippen molar-refractivity contribution in [1.82, 2.24) is 0 Å². The Morgan fingerprint density at radius 1 is 1.13 bits per heavy atom. The Hall–Kier alpha value is -1.91. The minimum absolute atomic E-state index is 0.0985. The molecule has 0 aliphatic rings. The highest BCUT2D eigenvalue weighted by Crippen LogP contribution is 2.29. The fourth-order valence-corrected chi connectivity index (χ4v) is 2.66. The van der Waals surface area contributed by atoms with Crippen LogP contribution in [0.2, 0.25) is 10.0 Å². The average Bonchev–Trinajstić information content (AvgIpc) is 2.53. The van der Waals surface area contributed by atoms with Crippen molar-refractivity contribution in [2.45, 2.75) is 13.8 Å². The predicted octanol–water partition coefficient (Wildman–Crippen LogP) is 4.80. The van der Waals surface area contributed by atoms with Gasteiger partial charge >= 0.3 is 0 Å². The molecule has 0 spiro atoms. The van der Waals surface area contributed by atoms with Crippen LogP contribution in [0, 0.1) is 0 Å². The van der Waals surface area contributed by atoms with Crippen LogP contribution in [-0.4, -0.2) is 24.1 Å². The van der Waals surface area contributed by atoms with E-state index in [1.54, 1.807) is 6.07 Å². The standard InChI is InChI=1S/C17H18Cl2N2O2/c1-3-21(4-2)12-6-7-15(14(19)10-12)20-17(23)13-9-11(18)5-8-16(13)22/h5-10,22H,3-4H2,1-2H3,(H,20,23). The van der Waals surface area contributed by atoms with Crippen LogP contribution in [0.15, 0.2) is 36.4 Å². The van der Waals surface area contributed by atoms with Gasteiger partial charge in [0.25, 0.3) is 5.91 Å². The maximum Gasteiger partial charge on any atom is 0.259 e. The van der Waals surface area contributed by atoms with E-state index in [0.29, 0.717) is 15.7 Å². The van der Waals surface area contributed by atoms with Crippen LogP contribution in [0.25, 0.3) is 0 Å². The fraction of sp³-hybridized carbons (Fsp3) is 0.235. The van der Waals surface area contributed by atoms with E-state index in [-0.39, 0.29) is 11.3 Å². The Labute approximate surface area is 145 Å². The molecule has 6 heteroatoms. The molecule has 0 radical (unpaired) electrons. The number of anilines is 2. The van der Waals surface area contributed by atoms with E-state index in [1.165, 1.54) is 18.2 Å². The first kappa shape index (κ1) is 17.4. The van der Waals surface area contributed by atoms with E-state index in [2.05, 4.69) is 24.1 Å². The second kappa shape index (κ2) is 7.57. The molecule has 0 heterocycles. The summed E-state index contributed by atoms with van der Waals surface area (Å²) in [5.41, 5.74) is 1.57. The van der Waals surface area contributed by atoms with Gasteiger partial charge in [-0.05, 0) is 50.2 Å². The number of nitrogens with one attached hydrogen (secondary N) is 1. The van der Waals surface area contributed by atoms with Crippen molar-refractivity contribution in [1.29, 1.82) is 0 Å². The molecular formula is C17H18Cl2N2O2. The van der Waals surface area contributed by atoms with Crippen LogP contribution < -0.4 is 10.2 Å². The molecule has 0 atom stereocenters. The predicted molar refractivity (Wildman–Crippen MR) is 96.1 cm³/mol. The first-order chi connectivity index (χ1) is 11.0. The molecular weight excluding hydrogens is 335 g/mol. The highest BCUT2D eigenvalue weighted by molar-refractivity contribution is 6.34. The van der Waals surface area contributed by atoms with Gasteiger partial charge in [-0.15, -0.1) is 0 Å². The monoisotopic (exact) mass is 352 g/mol. The number of amides is 1. The minimum Gasteiger partial charge on any atom is -0.507 e. The molecule has 0 aromatic heterocycles. The van der Waals surface area contributed by atoms with E-state index in [9.17, 15) is 9.90 Å². The number of aromatic hydroxyl groups is 1. The molecule has 122 valence electrons. The van der Waals surface area contributed by atoms with Crippen molar-refractivity contribution in [3.05, 3.63) is 52.0 Å². The summed E-state index contributed by atoms with van der Waals surface area (Å²) >= 11 is 12.1. The largest absolute Gasteiger partial charge is 0.507 e. The van der Waals surface area contributed by atoms with Crippen molar-refractivity contribution >= 4 is 40.5 Å². The third-order valence-electron chi connectivity index (χ3n) is 3.53. The molecule has 23 heavy (non-hydrogen) atoms. The highest BCUT2D eigenvalue weighted by atomic mass is 35.5. The van der Waals surface area contributed by atoms with Gasteiger partial charge < -0.3 is 15.3 Å². The Balaban J connectivity index is 2.23. The molecule has 0 bridgehead atoms. The second-order valence-electron chi connectivity index (χ2n) is 4.95. The van der Waals surface area contributed by atoms with E-state index in [1.807, 2.05) is 12.1 Å². The molecule has 1 amide bonds. The van der Waals surface area contributed by atoms with Crippen LogP contribution in [0.1, 0.15) is 24.2 Å². The van der Waals surface area contributed by atoms with E-state index in [4.69, 9.17) is 23.2 Å². The Morgan fingerprint density at radius 2 is 1.83 bits per heavy atom. The molecule has 4 nitrogen and oxygen atoms in total. The lowest BCUT2D eigenvalue weighted by molar-refractivity contribution is 0.102. The zero-order valence-electron chi connectivity index (χ0n) is 12.9. The van der Waals surface area contributed by atoms with Crippen LogP contribution in [0.3, 0.4) is 0 Å². The number of carbonyl (C=O) groups excluding carboxylic acids is 1. The molecule has 2 aromatic carbocycles. The van der Waals surface area contributed by atoms with Crippen molar-refractivity contribution in [2.75, 3.05) is 23.3 Å². The maximum absolute atomic E-state index is 12.3.